The maximum atomic E-state index is 11.9. The first kappa shape index (κ1) is 29.3. The van der Waals surface area contributed by atoms with E-state index in [4.69, 9.17) is 14.2 Å². The summed E-state index contributed by atoms with van der Waals surface area (Å²) in [4.78, 5) is 16.4. The average molecular weight is 590 g/mol. The number of nitrogens with zero attached hydrogens (tertiary/aromatic N) is 2. The Kier molecular flexibility index (Phi) is 9.12. The summed E-state index contributed by atoms with van der Waals surface area (Å²) in [7, 11) is 0. The highest BCUT2D eigenvalue weighted by Crippen LogP contribution is 2.39. The van der Waals surface area contributed by atoms with Crippen LogP contribution in [0, 0.1) is 0 Å². The van der Waals surface area contributed by atoms with Crippen LogP contribution in [-0.2, 0) is 33.9 Å². The van der Waals surface area contributed by atoms with E-state index in [-0.39, 0.29) is 25.4 Å². The lowest BCUT2D eigenvalue weighted by atomic mass is 9.98. The smallest absolute Gasteiger partial charge is 0.407 e. The van der Waals surface area contributed by atoms with Crippen LogP contribution >= 0.6 is 0 Å². The highest BCUT2D eigenvalue weighted by Gasteiger charge is 2.32. The summed E-state index contributed by atoms with van der Waals surface area (Å²) < 4.78 is 20.4. The highest BCUT2D eigenvalue weighted by molar-refractivity contribution is 5.75. The van der Waals surface area contributed by atoms with Crippen molar-refractivity contribution in [3.8, 4) is 11.1 Å². The van der Waals surface area contributed by atoms with E-state index >= 15 is 0 Å². The van der Waals surface area contributed by atoms with Gasteiger partial charge in [0, 0.05) is 18.5 Å². The minimum absolute atomic E-state index is 0.00266. The minimum Gasteiger partial charge on any atom is -0.445 e. The molecule has 5 aromatic rings. The third-order valence-corrected chi connectivity index (χ3v) is 7.73. The molecule has 2 N–H and O–H groups in total. The number of rotatable bonds is 10. The number of nitrogens with one attached hydrogen (secondary N) is 1. The second kappa shape index (κ2) is 13.7. The van der Waals surface area contributed by atoms with Gasteiger partial charge in [0.15, 0.2) is 6.29 Å². The van der Waals surface area contributed by atoms with Crippen LogP contribution in [0.2, 0.25) is 0 Å². The number of aromatic nitrogens is 2. The van der Waals surface area contributed by atoms with Crippen LogP contribution in [0.5, 0.6) is 0 Å². The Morgan fingerprint density at radius 1 is 0.955 bits per heavy atom. The van der Waals surface area contributed by atoms with Gasteiger partial charge in [-0.1, -0.05) is 85.5 Å². The van der Waals surface area contributed by atoms with Gasteiger partial charge in [-0.3, -0.25) is 0 Å². The molecule has 1 aromatic heterocycles. The summed E-state index contributed by atoms with van der Waals surface area (Å²) in [6, 6.07) is 32.2. The van der Waals surface area contributed by atoms with Gasteiger partial charge in [-0.25, -0.2) is 9.78 Å². The molecule has 0 spiro atoms. The number of hydrogen-bond acceptors (Lipinski definition) is 6. The van der Waals surface area contributed by atoms with Gasteiger partial charge in [-0.2, -0.15) is 0 Å². The second-order valence-electron chi connectivity index (χ2n) is 10.8. The first-order valence-corrected chi connectivity index (χ1v) is 14.7. The second-order valence-corrected chi connectivity index (χ2v) is 10.8. The van der Waals surface area contributed by atoms with Gasteiger partial charge in [0.2, 0.25) is 0 Å². The summed E-state index contributed by atoms with van der Waals surface area (Å²) in [5, 5.41) is 12.3. The molecule has 1 aliphatic heterocycles. The van der Waals surface area contributed by atoms with Crippen molar-refractivity contribution in [1.29, 1.82) is 0 Å². The van der Waals surface area contributed by atoms with Crippen LogP contribution in [0.3, 0.4) is 0 Å². The average Bonchev–Trinajstić information content (AvgIpc) is 3.49. The predicted octanol–water partition coefficient (Wildman–Crippen LogP) is 6.85. The van der Waals surface area contributed by atoms with Crippen LogP contribution in [0.1, 0.15) is 41.1 Å². The number of para-hydroxylation sites is 2. The molecule has 0 aliphatic carbocycles. The number of alkyl carbamates (subject to hydrolysis) is 1. The van der Waals surface area contributed by atoms with Gasteiger partial charge in [-0.05, 0) is 52.1 Å². The number of carbonyl (C=O) groups is 1. The Hall–Kier alpha value is -4.76. The predicted molar refractivity (Wildman–Crippen MR) is 168 cm³/mol. The van der Waals surface area contributed by atoms with Crippen LogP contribution in [0.25, 0.3) is 22.2 Å². The van der Waals surface area contributed by atoms with Crippen molar-refractivity contribution in [2.75, 3.05) is 6.61 Å². The number of amides is 1. The molecular formula is C36H35N3O5. The summed E-state index contributed by atoms with van der Waals surface area (Å²) in [5.41, 5.74) is 7.80. The number of hydrogen-bond donors (Lipinski definition) is 2. The van der Waals surface area contributed by atoms with Gasteiger partial charge < -0.3 is 29.2 Å². The molecule has 1 amide bonds. The molecular weight excluding hydrogens is 554 g/mol. The van der Waals surface area contributed by atoms with Crippen LogP contribution in [0.15, 0.2) is 116 Å². The fourth-order valence-corrected chi connectivity index (χ4v) is 5.49. The Bertz CT molecular complexity index is 1730. The van der Waals surface area contributed by atoms with E-state index in [0.29, 0.717) is 19.5 Å². The molecule has 6 rings (SSSR count). The lowest BCUT2D eigenvalue weighted by Crippen LogP contribution is -2.32. The molecule has 8 heteroatoms. The zero-order valence-electron chi connectivity index (χ0n) is 24.3. The Labute approximate surface area is 256 Å². The van der Waals surface area contributed by atoms with Gasteiger partial charge in [0.05, 0.1) is 42.7 Å². The molecule has 0 bridgehead atoms. The molecule has 4 aromatic carbocycles. The molecule has 1 saturated heterocycles. The number of aliphatic hydroxyl groups is 1. The van der Waals surface area contributed by atoms with E-state index < -0.39 is 12.4 Å². The van der Waals surface area contributed by atoms with E-state index in [1.54, 1.807) is 0 Å². The number of benzene rings is 4. The molecule has 8 nitrogen and oxygen atoms in total. The standard InChI is InChI=1S/C36H35N3O5/c1-2-17-42-36(41)37-21-26-7-5-8-28(18-26)29-9-6-10-30(19-29)35-43-31(22-39-24-38-32-11-3-4-12-33(32)39)20-34(44-35)27-15-13-25(23-40)14-16-27/h2-16,18-19,24,31,34-35,40H,1,17,20-23H2,(H,37,41)/t31-,34+,35+/m0/s1. The molecule has 44 heavy (non-hydrogen) atoms. The Balaban J connectivity index is 1.24. The molecule has 0 saturated carbocycles. The Morgan fingerprint density at radius 3 is 2.57 bits per heavy atom. The molecule has 224 valence electrons. The fourth-order valence-electron chi connectivity index (χ4n) is 5.49. The zero-order chi connectivity index (χ0) is 30.3. The SMILES string of the molecule is C=CCOC(=O)NCc1cccc(-c2cccc([C@@H]3O[C@H](Cn4cnc5ccccc54)C[C@H](c4ccc(CO)cc4)O3)c2)c1. The number of imidazole rings is 1. The third-order valence-electron chi connectivity index (χ3n) is 7.73. The van der Waals surface area contributed by atoms with Crippen molar-refractivity contribution in [1.82, 2.24) is 14.9 Å². The zero-order valence-corrected chi connectivity index (χ0v) is 24.3. The fraction of sp³-hybridized carbons (Fsp3) is 0.222. The van der Waals surface area contributed by atoms with E-state index in [1.807, 2.05) is 85.2 Å². The summed E-state index contributed by atoms with van der Waals surface area (Å²) in [6.45, 7) is 4.70. The lowest BCUT2D eigenvalue weighted by molar-refractivity contribution is -0.252. The molecule has 3 atom stereocenters. The number of carbonyl (C=O) groups excluding carboxylic acids is 1. The largest absolute Gasteiger partial charge is 0.445 e. The van der Waals surface area contributed by atoms with Crippen molar-refractivity contribution in [3.05, 3.63) is 138 Å². The topological polar surface area (TPSA) is 94.8 Å². The van der Waals surface area contributed by atoms with E-state index in [9.17, 15) is 9.90 Å². The summed E-state index contributed by atoms with van der Waals surface area (Å²) in [5.74, 6) is 0. The summed E-state index contributed by atoms with van der Waals surface area (Å²) in [6.07, 6.45) is 2.67. The molecule has 1 aliphatic rings. The lowest BCUT2D eigenvalue weighted by Gasteiger charge is -2.36. The quantitative estimate of drug-likeness (QED) is 0.173. The van der Waals surface area contributed by atoms with E-state index in [2.05, 4.69) is 39.6 Å². The van der Waals surface area contributed by atoms with Gasteiger partial charge in [-0.15, -0.1) is 0 Å². The van der Waals surface area contributed by atoms with Gasteiger partial charge in [0.25, 0.3) is 0 Å². The highest BCUT2D eigenvalue weighted by atomic mass is 16.7. The first-order valence-electron chi connectivity index (χ1n) is 14.7. The number of ether oxygens (including phenoxy) is 3. The third kappa shape index (κ3) is 6.89. The molecule has 2 heterocycles. The number of fused-ring (bicyclic) bond motifs is 1. The maximum absolute atomic E-state index is 11.9. The molecule has 0 unspecified atom stereocenters. The van der Waals surface area contributed by atoms with Gasteiger partial charge in [0.1, 0.15) is 6.61 Å². The van der Waals surface area contributed by atoms with Crippen molar-refractivity contribution >= 4 is 17.1 Å². The molecule has 1 fully saturated rings. The van der Waals surface area contributed by atoms with Crippen LogP contribution in [-0.4, -0.2) is 33.5 Å². The van der Waals surface area contributed by atoms with E-state index in [0.717, 1.165) is 44.4 Å². The van der Waals surface area contributed by atoms with E-state index in [1.165, 1.54) is 6.08 Å². The minimum atomic E-state index is -0.588. The monoisotopic (exact) mass is 589 g/mol. The van der Waals surface area contributed by atoms with Gasteiger partial charge >= 0.3 is 6.09 Å². The van der Waals surface area contributed by atoms with Crippen LogP contribution in [0.4, 0.5) is 4.79 Å². The Morgan fingerprint density at radius 2 is 1.75 bits per heavy atom. The normalized spacial score (nSPS) is 18.2. The van der Waals surface area contributed by atoms with Crippen molar-refractivity contribution in [3.63, 3.8) is 0 Å². The van der Waals surface area contributed by atoms with Crippen molar-refractivity contribution in [2.45, 2.75) is 44.6 Å². The summed E-state index contributed by atoms with van der Waals surface area (Å²) >= 11 is 0. The van der Waals surface area contributed by atoms with Crippen molar-refractivity contribution < 1.29 is 24.1 Å². The first-order chi connectivity index (χ1) is 21.6. The van der Waals surface area contributed by atoms with Crippen LogP contribution < -0.4 is 5.32 Å². The van der Waals surface area contributed by atoms with Crippen molar-refractivity contribution in [2.24, 2.45) is 0 Å². The molecule has 0 radical (unpaired) electrons. The number of aliphatic hydroxyl groups excluding tert-OH is 1. The maximum Gasteiger partial charge on any atom is 0.407 e.